The van der Waals surface area contributed by atoms with Gasteiger partial charge in [0.1, 0.15) is 5.69 Å². The molecule has 0 atom stereocenters. The van der Waals surface area contributed by atoms with Crippen molar-refractivity contribution in [1.82, 2.24) is 4.57 Å². The van der Waals surface area contributed by atoms with Crippen LogP contribution in [-0.2, 0) is 12.5 Å². The lowest BCUT2D eigenvalue weighted by Gasteiger charge is -2.18. The first-order valence-corrected chi connectivity index (χ1v) is 13.0. The van der Waals surface area contributed by atoms with Crippen molar-refractivity contribution in [2.45, 2.75) is 33.1 Å². The third-order valence-electron chi connectivity index (χ3n) is 7.57. The monoisotopic (exact) mass is 481 g/mol. The third-order valence-corrected chi connectivity index (χ3v) is 7.57. The maximum Gasteiger partial charge on any atom is 0.295 e. The number of aryl methyl sites for hydroxylation is 2. The van der Waals surface area contributed by atoms with Crippen LogP contribution in [-0.4, -0.2) is 4.57 Å². The molecule has 5 aromatic carbocycles. The molecule has 6 rings (SSSR count). The van der Waals surface area contributed by atoms with Gasteiger partial charge in [0, 0.05) is 5.39 Å². The Balaban J connectivity index is 1.72. The number of hydrogen-bond acceptors (Lipinski definition) is 0. The van der Waals surface area contributed by atoms with Crippen LogP contribution in [0.4, 0.5) is 0 Å². The average Bonchev–Trinajstić information content (AvgIpc) is 3.20. The molecule has 1 aromatic heterocycles. The van der Waals surface area contributed by atoms with Crippen LogP contribution >= 0.6 is 0 Å². The van der Waals surface area contributed by atoms with Gasteiger partial charge in [-0.25, -0.2) is 4.57 Å². The molecular weight excluding hydrogens is 448 g/mol. The van der Waals surface area contributed by atoms with Crippen molar-refractivity contribution in [2.75, 3.05) is 0 Å². The molecule has 1 heterocycles. The summed E-state index contributed by atoms with van der Waals surface area (Å²) in [7, 11) is 2.21. The second-order valence-corrected chi connectivity index (χ2v) is 11.1. The Morgan fingerprint density at radius 2 is 1.41 bits per heavy atom. The van der Waals surface area contributed by atoms with Crippen molar-refractivity contribution >= 4 is 21.8 Å². The van der Waals surface area contributed by atoms with E-state index in [1.807, 2.05) is 0 Å². The predicted octanol–water partition coefficient (Wildman–Crippen LogP) is 8.55. The first kappa shape index (κ1) is 23.2. The average molecular weight is 482 g/mol. The van der Waals surface area contributed by atoms with Crippen molar-refractivity contribution in [3.05, 3.63) is 120 Å². The van der Waals surface area contributed by atoms with E-state index in [0.717, 1.165) is 0 Å². The van der Waals surface area contributed by atoms with Crippen molar-refractivity contribution < 1.29 is 4.57 Å². The summed E-state index contributed by atoms with van der Waals surface area (Å²) < 4.78 is 4.84. The van der Waals surface area contributed by atoms with E-state index in [0.29, 0.717) is 0 Å². The number of fused-ring (bicyclic) bond motifs is 2. The summed E-state index contributed by atoms with van der Waals surface area (Å²) in [6, 6.07) is 39.8. The van der Waals surface area contributed by atoms with Crippen LogP contribution in [0, 0.1) is 6.92 Å². The van der Waals surface area contributed by atoms with Crippen LogP contribution in [0.3, 0.4) is 0 Å². The van der Waals surface area contributed by atoms with Gasteiger partial charge in [0.15, 0.2) is 11.0 Å². The molecule has 0 saturated heterocycles. The lowest BCUT2D eigenvalue weighted by Crippen LogP contribution is -2.30. The number of imidazole rings is 1. The highest BCUT2D eigenvalue weighted by Crippen LogP contribution is 2.36. The number of nitrogens with zero attached hydrogens (tertiary/aromatic N) is 2. The highest BCUT2D eigenvalue weighted by Gasteiger charge is 2.29. The molecule has 6 aromatic rings. The summed E-state index contributed by atoms with van der Waals surface area (Å²) in [5, 5.41) is 2.50. The molecule has 0 spiro atoms. The van der Waals surface area contributed by atoms with Crippen molar-refractivity contribution in [1.29, 1.82) is 0 Å². The first-order chi connectivity index (χ1) is 17.8. The minimum absolute atomic E-state index is 0.0754. The Bertz CT molecular complexity index is 1760. The van der Waals surface area contributed by atoms with Crippen molar-refractivity contribution in [2.24, 2.45) is 7.05 Å². The van der Waals surface area contributed by atoms with Crippen LogP contribution in [0.15, 0.2) is 109 Å². The van der Waals surface area contributed by atoms with Gasteiger partial charge in [0.25, 0.3) is 5.82 Å². The van der Waals surface area contributed by atoms with Gasteiger partial charge in [-0.05, 0) is 64.2 Å². The first-order valence-electron chi connectivity index (χ1n) is 13.0. The van der Waals surface area contributed by atoms with Crippen molar-refractivity contribution in [3.63, 3.8) is 0 Å². The molecule has 0 bridgehead atoms. The third kappa shape index (κ3) is 3.94. The molecule has 37 heavy (non-hydrogen) atoms. The number of hydrogen-bond donors (Lipinski definition) is 0. The Labute approximate surface area is 219 Å². The molecule has 0 radical (unpaired) electrons. The van der Waals surface area contributed by atoms with Crippen LogP contribution in [0.5, 0.6) is 0 Å². The number of benzene rings is 5. The summed E-state index contributed by atoms with van der Waals surface area (Å²) in [5.74, 6) is 1.19. The summed E-state index contributed by atoms with van der Waals surface area (Å²) in [5.41, 5.74) is 10.0. The second-order valence-electron chi connectivity index (χ2n) is 11.1. The molecule has 0 aliphatic rings. The van der Waals surface area contributed by atoms with Crippen molar-refractivity contribution in [3.8, 4) is 28.2 Å². The zero-order valence-electron chi connectivity index (χ0n) is 22.3. The zero-order chi connectivity index (χ0) is 25.7. The molecule has 0 unspecified atom stereocenters. The summed E-state index contributed by atoms with van der Waals surface area (Å²) in [6.07, 6.45) is 0. The van der Waals surface area contributed by atoms with E-state index in [1.54, 1.807) is 0 Å². The fourth-order valence-electron chi connectivity index (χ4n) is 5.45. The van der Waals surface area contributed by atoms with Gasteiger partial charge >= 0.3 is 0 Å². The maximum atomic E-state index is 2.46. The quantitative estimate of drug-likeness (QED) is 0.224. The molecule has 182 valence electrons. The van der Waals surface area contributed by atoms with E-state index in [2.05, 4.69) is 153 Å². The predicted molar refractivity (Wildman–Crippen MR) is 156 cm³/mol. The lowest BCUT2D eigenvalue weighted by atomic mass is 9.87. The molecule has 0 aliphatic heterocycles. The highest BCUT2D eigenvalue weighted by molar-refractivity contribution is 5.93. The standard InChI is InChI=1S/C35H33N2/c1-24-18-19-27(25-12-7-6-8-13-25)22-30(24)34-36(5)33-23-28(35(2,3)4)20-21-32(33)37(34)31-17-11-15-26-14-9-10-16-29(26)31/h6-23H,1-5H3/q+1. The van der Waals surface area contributed by atoms with E-state index in [1.165, 1.54) is 61.1 Å². The van der Waals surface area contributed by atoms with E-state index < -0.39 is 0 Å². The van der Waals surface area contributed by atoms with Gasteiger partial charge in [-0.1, -0.05) is 106 Å². The SMILES string of the molecule is Cc1ccc(-c2ccccc2)cc1-c1n(-c2cccc3ccccc23)c2ccc(C(C)(C)C)cc2[n+]1C. The molecule has 2 nitrogen and oxygen atoms in total. The van der Waals surface area contributed by atoms with E-state index in [9.17, 15) is 0 Å². The van der Waals surface area contributed by atoms with Crippen LogP contribution in [0.2, 0.25) is 0 Å². The molecule has 0 N–H and O–H groups in total. The van der Waals surface area contributed by atoms with Crippen LogP contribution < -0.4 is 4.57 Å². The largest absolute Gasteiger partial charge is 0.295 e. The Morgan fingerprint density at radius 1 is 0.676 bits per heavy atom. The summed E-state index contributed by atoms with van der Waals surface area (Å²) in [4.78, 5) is 0. The smallest absolute Gasteiger partial charge is 0.225 e. The van der Waals surface area contributed by atoms with E-state index in [4.69, 9.17) is 0 Å². The fraction of sp³-hybridized carbons (Fsp3) is 0.171. The zero-order valence-corrected chi connectivity index (χ0v) is 22.3. The van der Waals surface area contributed by atoms with Gasteiger partial charge in [0.2, 0.25) is 0 Å². The Morgan fingerprint density at radius 3 is 2.19 bits per heavy atom. The topological polar surface area (TPSA) is 8.81 Å². The van der Waals surface area contributed by atoms with Gasteiger partial charge in [-0.2, -0.15) is 4.57 Å². The van der Waals surface area contributed by atoms with E-state index in [-0.39, 0.29) is 5.41 Å². The number of aromatic nitrogens is 2. The molecule has 0 saturated carbocycles. The van der Waals surface area contributed by atoms with Gasteiger partial charge in [-0.15, -0.1) is 0 Å². The van der Waals surface area contributed by atoms with Crippen LogP contribution in [0.1, 0.15) is 31.9 Å². The summed E-state index contributed by atoms with van der Waals surface area (Å²) in [6.45, 7) is 9.06. The molecule has 0 amide bonds. The van der Waals surface area contributed by atoms with E-state index >= 15 is 0 Å². The van der Waals surface area contributed by atoms with Gasteiger partial charge < -0.3 is 0 Å². The molecular formula is C35H33N2+. The minimum atomic E-state index is 0.0754. The minimum Gasteiger partial charge on any atom is -0.225 e. The Kier molecular flexibility index (Phi) is 5.49. The number of rotatable bonds is 3. The van der Waals surface area contributed by atoms with Gasteiger partial charge in [0.05, 0.1) is 12.6 Å². The normalized spacial score (nSPS) is 11.9. The van der Waals surface area contributed by atoms with Gasteiger partial charge in [-0.3, -0.25) is 0 Å². The molecule has 0 fully saturated rings. The maximum absolute atomic E-state index is 2.46. The Hall–Kier alpha value is -4.17. The molecule has 2 heteroatoms. The highest BCUT2D eigenvalue weighted by atomic mass is 15.2. The fourth-order valence-corrected chi connectivity index (χ4v) is 5.45. The van der Waals surface area contributed by atoms with Crippen LogP contribution in [0.25, 0.3) is 50.0 Å². The second kappa shape index (κ2) is 8.74. The molecule has 0 aliphatic carbocycles. The lowest BCUT2D eigenvalue weighted by molar-refractivity contribution is -0.633. The summed E-state index contributed by atoms with van der Waals surface area (Å²) >= 11 is 0.